The van der Waals surface area contributed by atoms with Crippen LogP contribution in [0.2, 0.25) is 0 Å². The van der Waals surface area contributed by atoms with E-state index in [1.54, 1.807) is 0 Å². The highest BCUT2D eigenvalue weighted by molar-refractivity contribution is 6.17. The third-order valence-corrected chi connectivity index (χ3v) is 1.74. The maximum atomic E-state index is 12.0. The van der Waals surface area contributed by atoms with Crippen LogP contribution in [0.4, 0.5) is 13.2 Å². The van der Waals surface area contributed by atoms with Crippen molar-refractivity contribution in [3.8, 4) is 0 Å². The molecule has 2 nitrogen and oxygen atoms in total. The van der Waals surface area contributed by atoms with Crippen molar-refractivity contribution in [3.05, 3.63) is 35.4 Å². The van der Waals surface area contributed by atoms with Crippen LogP contribution < -0.4 is 0 Å². The monoisotopic (exact) mass is 240 g/mol. The fourth-order valence-corrected chi connectivity index (χ4v) is 0.961. The van der Waals surface area contributed by atoms with Crippen LogP contribution in [0, 0.1) is 0 Å². The molecular formula is C9H8ClF3O2. The highest BCUT2D eigenvalue weighted by Gasteiger charge is 2.29. The van der Waals surface area contributed by atoms with Gasteiger partial charge in [0.05, 0.1) is 5.56 Å². The third kappa shape index (κ3) is 5.27. The molecule has 1 rings (SSSR count). The van der Waals surface area contributed by atoms with E-state index in [0.29, 0.717) is 5.56 Å². The molecule has 0 fully saturated rings. The Kier molecular flexibility index (Phi) is 5.77. The number of halogens is 4. The lowest BCUT2D eigenvalue weighted by atomic mass is 10.1. The van der Waals surface area contributed by atoms with Crippen molar-refractivity contribution in [2.75, 3.05) is 0 Å². The van der Waals surface area contributed by atoms with Crippen molar-refractivity contribution in [1.82, 2.24) is 0 Å². The van der Waals surface area contributed by atoms with E-state index in [1.807, 2.05) is 0 Å². The molecule has 1 aromatic carbocycles. The summed E-state index contributed by atoms with van der Waals surface area (Å²) in [6.45, 7) is -0.250. The van der Waals surface area contributed by atoms with Crippen LogP contribution in [0.15, 0.2) is 24.3 Å². The lowest BCUT2D eigenvalue weighted by molar-refractivity contribution is -0.137. The summed E-state index contributed by atoms with van der Waals surface area (Å²) in [4.78, 5) is 8.36. The fourth-order valence-electron chi connectivity index (χ4n) is 0.783. The summed E-state index contributed by atoms with van der Waals surface area (Å²) < 4.78 is 36.0. The van der Waals surface area contributed by atoms with Gasteiger partial charge in [-0.15, -0.1) is 11.6 Å². The summed E-state index contributed by atoms with van der Waals surface area (Å²) in [5.74, 6) is 0.234. The second kappa shape index (κ2) is 6.29. The Labute approximate surface area is 89.3 Å². The molecule has 0 aliphatic heterocycles. The molecule has 0 saturated carbocycles. The maximum absolute atomic E-state index is 12.0. The van der Waals surface area contributed by atoms with Crippen molar-refractivity contribution >= 4 is 18.1 Å². The number of hydrogen-bond acceptors (Lipinski definition) is 1. The molecule has 0 aromatic heterocycles. The Morgan fingerprint density at radius 3 is 1.93 bits per heavy atom. The first-order valence-corrected chi connectivity index (χ1v) is 4.29. The molecular weight excluding hydrogens is 233 g/mol. The number of rotatable bonds is 1. The topological polar surface area (TPSA) is 37.3 Å². The highest BCUT2D eigenvalue weighted by atomic mass is 35.5. The Balaban J connectivity index is 0.000000583. The molecule has 0 atom stereocenters. The fraction of sp³-hybridized carbons (Fsp3) is 0.222. The standard InChI is InChI=1S/C8H6ClF3.CH2O2/c9-5-6-1-3-7(4-2-6)8(10,11)12;2-1-3/h1-4H,5H2;1H,(H,2,3). The SMILES string of the molecule is FC(F)(F)c1ccc(CCl)cc1.O=CO. The van der Waals surface area contributed by atoms with Gasteiger partial charge < -0.3 is 5.11 Å². The van der Waals surface area contributed by atoms with E-state index in [1.165, 1.54) is 12.1 Å². The molecule has 0 bridgehead atoms. The van der Waals surface area contributed by atoms with Gasteiger partial charge in [0, 0.05) is 5.88 Å². The molecule has 15 heavy (non-hydrogen) atoms. The number of carbonyl (C=O) groups is 1. The molecule has 6 heteroatoms. The van der Waals surface area contributed by atoms with Crippen LogP contribution >= 0.6 is 11.6 Å². The maximum Gasteiger partial charge on any atom is 0.416 e. The molecule has 0 spiro atoms. The first-order valence-electron chi connectivity index (χ1n) is 3.75. The van der Waals surface area contributed by atoms with Crippen LogP contribution in [0.3, 0.4) is 0 Å². The molecule has 1 aromatic rings. The van der Waals surface area contributed by atoms with Crippen LogP contribution in [0.5, 0.6) is 0 Å². The average molecular weight is 241 g/mol. The van der Waals surface area contributed by atoms with Crippen molar-refractivity contribution in [1.29, 1.82) is 0 Å². The molecule has 0 radical (unpaired) electrons. The molecule has 1 N–H and O–H groups in total. The quantitative estimate of drug-likeness (QED) is 0.605. The van der Waals surface area contributed by atoms with Crippen LogP contribution in [0.25, 0.3) is 0 Å². The van der Waals surface area contributed by atoms with Gasteiger partial charge >= 0.3 is 6.18 Å². The lowest BCUT2D eigenvalue weighted by Crippen LogP contribution is -2.04. The van der Waals surface area contributed by atoms with Crippen molar-refractivity contribution < 1.29 is 23.1 Å². The zero-order valence-corrected chi connectivity index (χ0v) is 8.22. The minimum Gasteiger partial charge on any atom is -0.483 e. The molecule has 0 unspecified atom stereocenters. The Bertz CT molecular complexity index is 295. The first kappa shape index (κ1) is 13.8. The van der Waals surface area contributed by atoms with Gasteiger partial charge in [0.1, 0.15) is 0 Å². The zero-order valence-electron chi connectivity index (χ0n) is 7.46. The van der Waals surface area contributed by atoms with E-state index in [-0.39, 0.29) is 12.4 Å². The summed E-state index contributed by atoms with van der Waals surface area (Å²) in [5, 5.41) is 6.89. The second-order valence-electron chi connectivity index (χ2n) is 2.43. The van der Waals surface area contributed by atoms with Crippen LogP contribution in [-0.2, 0) is 16.9 Å². The third-order valence-electron chi connectivity index (χ3n) is 1.44. The van der Waals surface area contributed by atoms with E-state index in [4.69, 9.17) is 21.5 Å². The lowest BCUT2D eigenvalue weighted by Gasteiger charge is -2.05. The Morgan fingerprint density at radius 2 is 1.67 bits per heavy atom. The molecule has 0 aliphatic rings. The average Bonchev–Trinajstić information content (AvgIpc) is 2.18. The second-order valence-corrected chi connectivity index (χ2v) is 2.70. The number of hydrogen-bond donors (Lipinski definition) is 1. The van der Waals surface area contributed by atoms with Crippen molar-refractivity contribution in [2.45, 2.75) is 12.1 Å². The number of carboxylic acid groups (broad SMARTS) is 1. The van der Waals surface area contributed by atoms with Gasteiger partial charge in [0.2, 0.25) is 0 Å². The summed E-state index contributed by atoms with van der Waals surface area (Å²) in [5.41, 5.74) is 0.0426. The van der Waals surface area contributed by atoms with E-state index in [0.717, 1.165) is 12.1 Å². The van der Waals surface area contributed by atoms with Crippen molar-refractivity contribution in [3.63, 3.8) is 0 Å². The zero-order chi connectivity index (χ0) is 11.9. The van der Waals surface area contributed by atoms with Gasteiger partial charge in [0.15, 0.2) is 0 Å². The summed E-state index contributed by atoms with van der Waals surface area (Å²) in [7, 11) is 0. The number of alkyl halides is 4. The molecule has 84 valence electrons. The predicted molar refractivity (Wildman–Crippen MR) is 49.7 cm³/mol. The molecule has 0 heterocycles. The van der Waals surface area contributed by atoms with Crippen LogP contribution in [0.1, 0.15) is 11.1 Å². The summed E-state index contributed by atoms with van der Waals surface area (Å²) in [6.07, 6.45) is -4.26. The van der Waals surface area contributed by atoms with Crippen molar-refractivity contribution in [2.24, 2.45) is 0 Å². The van der Waals surface area contributed by atoms with Crippen LogP contribution in [-0.4, -0.2) is 11.6 Å². The molecule has 0 aliphatic carbocycles. The Morgan fingerprint density at radius 1 is 1.27 bits per heavy atom. The van der Waals surface area contributed by atoms with Gasteiger partial charge in [-0.1, -0.05) is 12.1 Å². The van der Waals surface area contributed by atoms with Gasteiger partial charge in [-0.2, -0.15) is 13.2 Å². The summed E-state index contributed by atoms with van der Waals surface area (Å²) >= 11 is 5.41. The van der Waals surface area contributed by atoms with Gasteiger partial charge in [-0.3, -0.25) is 4.79 Å². The van der Waals surface area contributed by atoms with Gasteiger partial charge in [0.25, 0.3) is 6.47 Å². The largest absolute Gasteiger partial charge is 0.483 e. The minimum atomic E-state index is -4.26. The van der Waals surface area contributed by atoms with E-state index in [9.17, 15) is 13.2 Å². The Hall–Kier alpha value is -1.23. The van der Waals surface area contributed by atoms with E-state index in [2.05, 4.69) is 0 Å². The number of benzene rings is 1. The van der Waals surface area contributed by atoms with E-state index >= 15 is 0 Å². The first-order chi connectivity index (χ1) is 6.95. The molecule has 0 amide bonds. The highest BCUT2D eigenvalue weighted by Crippen LogP contribution is 2.29. The van der Waals surface area contributed by atoms with E-state index < -0.39 is 11.7 Å². The summed E-state index contributed by atoms with van der Waals surface area (Å²) in [6, 6.07) is 4.79. The predicted octanol–water partition coefficient (Wildman–Crippen LogP) is 3.15. The normalized spacial score (nSPS) is 10.1. The van der Waals surface area contributed by atoms with Gasteiger partial charge in [-0.25, -0.2) is 0 Å². The molecule has 0 saturated heterocycles. The van der Waals surface area contributed by atoms with Gasteiger partial charge in [-0.05, 0) is 17.7 Å². The smallest absolute Gasteiger partial charge is 0.416 e. The minimum absolute atomic E-state index is 0.234.